The van der Waals surface area contributed by atoms with Crippen LogP contribution in [0, 0.1) is 17.3 Å². The third kappa shape index (κ3) is 2.16. The molecule has 0 bridgehead atoms. The molecule has 0 N–H and O–H groups in total. The zero-order chi connectivity index (χ0) is 11.9. The molecule has 3 fully saturated rings. The number of hydrogen-bond donors (Lipinski definition) is 0. The van der Waals surface area contributed by atoms with Crippen molar-refractivity contribution in [3.8, 4) is 0 Å². The Morgan fingerprint density at radius 1 is 0.941 bits per heavy atom. The maximum atomic E-state index is 5.74. The van der Waals surface area contributed by atoms with Crippen molar-refractivity contribution >= 4 is 0 Å². The van der Waals surface area contributed by atoms with Gasteiger partial charge < -0.3 is 4.74 Å². The van der Waals surface area contributed by atoms with Crippen LogP contribution in [0.4, 0.5) is 0 Å². The smallest absolute Gasteiger partial charge is 0.0844 e. The molecule has 2 aliphatic carbocycles. The quantitative estimate of drug-likeness (QED) is 0.655. The van der Waals surface area contributed by atoms with E-state index in [1.54, 1.807) is 0 Å². The Bertz CT molecular complexity index is 269. The summed E-state index contributed by atoms with van der Waals surface area (Å²) in [5.74, 6) is 1.95. The van der Waals surface area contributed by atoms with Crippen LogP contribution in [-0.4, -0.2) is 12.2 Å². The van der Waals surface area contributed by atoms with Gasteiger partial charge in [-0.15, -0.1) is 0 Å². The summed E-state index contributed by atoms with van der Waals surface area (Å²) >= 11 is 0. The molecule has 98 valence electrons. The Labute approximate surface area is 106 Å². The molecule has 0 aromatic carbocycles. The Balaban J connectivity index is 1.70. The van der Waals surface area contributed by atoms with Gasteiger partial charge in [0.05, 0.1) is 12.2 Å². The standard InChI is InChI=1S/C16H28O/c1-3-16(2,12-7-5-4-6-8-12)13-9-10-14-15(11-13)17-14/h12-15H,3-11H2,1-2H3. The average Bonchev–Trinajstić information content (AvgIpc) is 3.17. The maximum Gasteiger partial charge on any atom is 0.0844 e. The highest BCUT2D eigenvalue weighted by Gasteiger charge is 2.50. The van der Waals surface area contributed by atoms with Gasteiger partial charge in [0, 0.05) is 0 Å². The molecule has 1 aliphatic heterocycles. The van der Waals surface area contributed by atoms with Crippen LogP contribution in [0.5, 0.6) is 0 Å². The predicted octanol–water partition coefficient (Wildman–Crippen LogP) is 4.55. The minimum Gasteiger partial charge on any atom is -0.370 e. The van der Waals surface area contributed by atoms with E-state index in [4.69, 9.17) is 4.74 Å². The molecule has 0 aromatic heterocycles. The Morgan fingerprint density at radius 3 is 2.35 bits per heavy atom. The Morgan fingerprint density at radius 2 is 1.71 bits per heavy atom. The molecule has 0 spiro atoms. The molecule has 3 rings (SSSR count). The van der Waals surface area contributed by atoms with Gasteiger partial charge in [0.1, 0.15) is 0 Å². The van der Waals surface area contributed by atoms with Crippen LogP contribution >= 0.6 is 0 Å². The lowest BCUT2D eigenvalue weighted by Crippen LogP contribution is -2.38. The molecule has 1 nitrogen and oxygen atoms in total. The second kappa shape index (κ2) is 4.57. The second-order valence-electron chi connectivity index (χ2n) is 6.92. The lowest BCUT2D eigenvalue weighted by molar-refractivity contribution is 0.0401. The van der Waals surface area contributed by atoms with Crippen molar-refractivity contribution in [1.82, 2.24) is 0 Å². The molecule has 4 unspecified atom stereocenters. The van der Waals surface area contributed by atoms with Gasteiger partial charge in [-0.05, 0) is 49.4 Å². The number of ether oxygens (including phenoxy) is 1. The number of epoxide rings is 1. The first-order valence-electron chi connectivity index (χ1n) is 7.89. The van der Waals surface area contributed by atoms with Crippen molar-refractivity contribution in [1.29, 1.82) is 0 Å². The summed E-state index contributed by atoms with van der Waals surface area (Å²) in [6.45, 7) is 5.02. The maximum absolute atomic E-state index is 5.74. The first-order valence-corrected chi connectivity index (χ1v) is 7.89. The molecule has 4 atom stereocenters. The average molecular weight is 236 g/mol. The van der Waals surface area contributed by atoms with Gasteiger partial charge in [0.2, 0.25) is 0 Å². The minimum atomic E-state index is 0.608. The molecule has 0 aromatic rings. The number of fused-ring (bicyclic) bond motifs is 1. The SMILES string of the molecule is CCC(C)(C1CCCCC1)C1CCC2OC2C1. The van der Waals surface area contributed by atoms with Crippen LogP contribution in [0.15, 0.2) is 0 Å². The van der Waals surface area contributed by atoms with Crippen molar-refractivity contribution < 1.29 is 4.74 Å². The molecule has 2 saturated carbocycles. The molecule has 0 radical (unpaired) electrons. The lowest BCUT2D eigenvalue weighted by atomic mass is 9.59. The zero-order valence-electron chi connectivity index (χ0n) is 11.6. The first-order chi connectivity index (χ1) is 8.24. The normalized spacial score (nSPS) is 41.6. The third-order valence-electron chi connectivity index (χ3n) is 6.24. The van der Waals surface area contributed by atoms with Gasteiger partial charge in [-0.2, -0.15) is 0 Å². The highest BCUT2D eigenvalue weighted by molar-refractivity contribution is 4.99. The fraction of sp³-hybridized carbons (Fsp3) is 1.00. The fourth-order valence-corrected chi connectivity index (χ4v) is 4.68. The van der Waals surface area contributed by atoms with E-state index < -0.39 is 0 Å². The first kappa shape index (κ1) is 12.0. The third-order valence-corrected chi connectivity index (χ3v) is 6.24. The molecule has 3 aliphatic rings. The van der Waals surface area contributed by atoms with E-state index in [1.165, 1.54) is 57.8 Å². The van der Waals surface area contributed by atoms with E-state index in [-0.39, 0.29) is 0 Å². The molecular formula is C16H28O. The molecule has 17 heavy (non-hydrogen) atoms. The van der Waals surface area contributed by atoms with Crippen molar-refractivity contribution in [3.05, 3.63) is 0 Å². The highest BCUT2D eigenvalue weighted by atomic mass is 16.6. The van der Waals surface area contributed by atoms with Gasteiger partial charge in [-0.1, -0.05) is 39.5 Å². The van der Waals surface area contributed by atoms with Gasteiger partial charge in [0.15, 0.2) is 0 Å². The van der Waals surface area contributed by atoms with Crippen LogP contribution in [-0.2, 0) is 4.74 Å². The summed E-state index contributed by atoms with van der Waals surface area (Å²) in [6.07, 6.45) is 14.3. The largest absolute Gasteiger partial charge is 0.370 e. The van der Waals surface area contributed by atoms with Gasteiger partial charge in [0.25, 0.3) is 0 Å². The van der Waals surface area contributed by atoms with Crippen molar-refractivity contribution in [2.24, 2.45) is 17.3 Å². The second-order valence-corrected chi connectivity index (χ2v) is 6.92. The highest BCUT2D eigenvalue weighted by Crippen LogP contribution is 2.53. The van der Waals surface area contributed by atoms with Crippen LogP contribution < -0.4 is 0 Å². The van der Waals surface area contributed by atoms with E-state index in [1.807, 2.05) is 0 Å². The topological polar surface area (TPSA) is 12.5 Å². The fourth-order valence-electron chi connectivity index (χ4n) is 4.68. The summed E-state index contributed by atoms with van der Waals surface area (Å²) in [5.41, 5.74) is 0.608. The van der Waals surface area contributed by atoms with Crippen LogP contribution in [0.2, 0.25) is 0 Å². The van der Waals surface area contributed by atoms with Crippen LogP contribution in [0.1, 0.15) is 71.6 Å². The van der Waals surface area contributed by atoms with E-state index in [9.17, 15) is 0 Å². The monoisotopic (exact) mass is 236 g/mol. The Hall–Kier alpha value is -0.0400. The van der Waals surface area contributed by atoms with Crippen LogP contribution in [0.3, 0.4) is 0 Å². The zero-order valence-corrected chi connectivity index (χ0v) is 11.6. The van der Waals surface area contributed by atoms with E-state index in [2.05, 4.69) is 13.8 Å². The summed E-state index contributed by atoms with van der Waals surface area (Å²) in [4.78, 5) is 0. The molecule has 0 amide bonds. The van der Waals surface area contributed by atoms with Crippen molar-refractivity contribution in [2.45, 2.75) is 83.8 Å². The minimum absolute atomic E-state index is 0.608. The van der Waals surface area contributed by atoms with E-state index >= 15 is 0 Å². The lowest BCUT2D eigenvalue weighted by Gasteiger charge is -2.46. The van der Waals surface area contributed by atoms with E-state index in [0.29, 0.717) is 17.6 Å². The van der Waals surface area contributed by atoms with Crippen LogP contribution in [0.25, 0.3) is 0 Å². The molecule has 1 heteroatoms. The van der Waals surface area contributed by atoms with E-state index in [0.717, 1.165) is 11.8 Å². The molecular weight excluding hydrogens is 208 g/mol. The van der Waals surface area contributed by atoms with Crippen molar-refractivity contribution in [2.75, 3.05) is 0 Å². The predicted molar refractivity (Wildman–Crippen MR) is 71.0 cm³/mol. The summed E-state index contributed by atoms with van der Waals surface area (Å²) < 4.78 is 5.74. The number of hydrogen-bond acceptors (Lipinski definition) is 1. The summed E-state index contributed by atoms with van der Waals surface area (Å²) in [6, 6.07) is 0. The van der Waals surface area contributed by atoms with Gasteiger partial charge >= 0.3 is 0 Å². The Kier molecular flexibility index (Phi) is 3.23. The molecule has 1 heterocycles. The summed E-state index contributed by atoms with van der Waals surface area (Å²) in [5, 5.41) is 0. The number of rotatable bonds is 3. The molecule has 1 saturated heterocycles. The summed E-state index contributed by atoms with van der Waals surface area (Å²) in [7, 11) is 0. The van der Waals surface area contributed by atoms with Crippen molar-refractivity contribution in [3.63, 3.8) is 0 Å². The van der Waals surface area contributed by atoms with Gasteiger partial charge in [-0.3, -0.25) is 0 Å². The van der Waals surface area contributed by atoms with Gasteiger partial charge in [-0.25, -0.2) is 0 Å².